The first-order chi connectivity index (χ1) is 4.24. The molecule has 62 valence electrons. The molecule has 0 rings (SSSR count). The van der Waals surface area contributed by atoms with Crippen LogP contribution in [0.1, 0.15) is 20.8 Å². The van der Waals surface area contributed by atoms with Crippen molar-refractivity contribution >= 4 is 27.3 Å². The maximum absolute atomic E-state index is 8.93. The maximum atomic E-state index is 8.93. The van der Waals surface area contributed by atoms with Crippen LogP contribution in [-0.2, 0) is 0 Å². The van der Waals surface area contributed by atoms with Crippen LogP contribution in [0.4, 0.5) is 0 Å². The van der Waals surface area contributed by atoms with Gasteiger partial charge in [-0.15, -0.1) is 19.8 Å². The molecule has 0 aromatic heterocycles. The largest absolute Gasteiger partial charge is 2.00 e. The van der Waals surface area contributed by atoms with E-state index in [4.69, 9.17) is 15.3 Å². The topological polar surface area (TPSA) is 69.2 Å². The third-order valence-corrected chi connectivity index (χ3v) is 0. The molecule has 0 aromatic rings. The molecule has 2 radical (unpaired) electrons. The first-order valence-electron chi connectivity index (χ1n) is 2.99. The Hall–Kier alpha value is 1.80. The fourth-order valence-corrected chi connectivity index (χ4v) is 0. The molecule has 0 heterocycles. The van der Waals surface area contributed by atoms with Gasteiger partial charge < -0.3 is 15.3 Å². The monoisotopic (exact) mass is 366 g/mol. The van der Waals surface area contributed by atoms with Gasteiger partial charge in [-0.3, -0.25) is 0 Å². The molecular weight excluding hydrogens is 350 g/mol. The van der Waals surface area contributed by atoms with E-state index in [0.717, 1.165) is 0 Å². The molecule has 0 fully saturated rings. The maximum Gasteiger partial charge on any atom is 2.00 e. The summed E-state index contributed by atoms with van der Waals surface area (Å²) in [7, 11) is 0. The van der Waals surface area contributed by atoms with Gasteiger partial charge in [-0.2, -0.15) is 0 Å². The van der Waals surface area contributed by atoms with Crippen molar-refractivity contribution in [2.45, 2.75) is 20.8 Å². The third kappa shape index (κ3) is 349. The minimum Gasteiger partial charge on any atom is -0.855 e. The van der Waals surface area contributed by atoms with Crippen LogP contribution >= 0.6 is 0 Å². The Labute approximate surface area is 112 Å². The summed E-state index contributed by atoms with van der Waals surface area (Å²) in [6.45, 7) is 4.71. The van der Waals surface area contributed by atoms with Crippen LogP contribution in [0.25, 0.3) is 0 Å². The molecule has 0 saturated carbocycles. The van der Waals surface area contributed by atoms with Crippen LogP contribution in [-0.4, -0.2) is 47.1 Å². The number of hydrogen-bond acceptors (Lipinski definition) is 3. The summed E-state index contributed by atoms with van der Waals surface area (Å²) < 4.78 is 0. The summed E-state index contributed by atoms with van der Waals surface area (Å²) in [5, 5.41) is 26.8. The summed E-state index contributed by atoms with van der Waals surface area (Å²) in [4.78, 5) is 0. The van der Waals surface area contributed by atoms with Gasteiger partial charge in [0.25, 0.3) is 0 Å². The van der Waals surface area contributed by atoms with Crippen LogP contribution in [0.2, 0.25) is 0 Å². The van der Waals surface area contributed by atoms with Gasteiger partial charge in [0.1, 0.15) is 0 Å². The molecule has 0 spiro atoms. The first-order valence-corrected chi connectivity index (χ1v) is 2.99. The molecule has 0 aliphatic heterocycles. The molecule has 0 unspecified atom stereocenters. The summed E-state index contributed by atoms with van der Waals surface area (Å²) in [5.74, 6) is 0. The zero-order valence-corrected chi connectivity index (χ0v) is 13.7. The Balaban J connectivity index is -0.0000000150. The van der Waals surface area contributed by atoms with Crippen LogP contribution in [0.3, 0.4) is 0 Å². The van der Waals surface area contributed by atoms with Crippen molar-refractivity contribution in [2.24, 2.45) is 0 Å². The Bertz CT molecular complexity index is 22.5. The molecule has 3 nitrogen and oxygen atoms in total. The minimum absolute atomic E-state index is 0. The Morgan fingerprint density at radius 3 is 0.727 bits per heavy atom. The predicted octanol–water partition coefficient (Wildman–Crippen LogP) is -5.28. The summed E-state index contributed by atoms with van der Waals surface area (Å²) in [5.41, 5.74) is 0. The standard InChI is InChI=1S/3C2H5O.Na.Pb/c3*1-2-3;;/h3*2H2,1H3;;/q3*-1;+1;+2. The quantitative estimate of drug-likeness (QED) is 0.403. The minimum atomic E-state index is 0. The van der Waals surface area contributed by atoms with Crippen LogP contribution in [0, 0.1) is 0 Å². The summed E-state index contributed by atoms with van der Waals surface area (Å²) in [6.07, 6.45) is 0. The van der Waals surface area contributed by atoms with Crippen molar-refractivity contribution in [3.05, 3.63) is 0 Å². The summed E-state index contributed by atoms with van der Waals surface area (Å²) >= 11 is 0. The average Bonchev–Trinajstić information content (AvgIpc) is 1.70. The van der Waals surface area contributed by atoms with Crippen molar-refractivity contribution in [1.29, 1.82) is 0 Å². The van der Waals surface area contributed by atoms with E-state index in [0.29, 0.717) is 0 Å². The van der Waals surface area contributed by atoms with Gasteiger partial charge in [-0.1, -0.05) is 20.8 Å². The van der Waals surface area contributed by atoms with E-state index in [1.54, 1.807) is 20.8 Å². The molecule has 0 atom stereocenters. The SMILES string of the molecule is CC[O-].CC[O-].CC[O-].[Na+].[Pb+2]. The zero-order valence-electron chi connectivity index (χ0n) is 7.85. The van der Waals surface area contributed by atoms with Crippen molar-refractivity contribution in [2.75, 3.05) is 19.8 Å². The van der Waals surface area contributed by atoms with Gasteiger partial charge in [0.2, 0.25) is 0 Å². The zero-order chi connectivity index (χ0) is 8.12. The van der Waals surface area contributed by atoms with E-state index < -0.39 is 0 Å². The number of rotatable bonds is 0. The fourth-order valence-electron chi connectivity index (χ4n) is 0. The summed E-state index contributed by atoms with van der Waals surface area (Å²) in [6, 6.07) is 0. The van der Waals surface area contributed by atoms with Crippen molar-refractivity contribution in [3.8, 4) is 0 Å². The molecular formula is C6H15NaO3Pb. The third-order valence-electron chi connectivity index (χ3n) is 0. The Morgan fingerprint density at radius 1 is 0.727 bits per heavy atom. The molecule has 0 aliphatic rings. The second kappa shape index (κ2) is 59.7. The van der Waals surface area contributed by atoms with Gasteiger partial charge >= 0.3 is 56.9 Å². The van der Waals surface area contributed by atoms with Gasteiger partial charge in [-0.05, 0) is 0 Å². The second-order valence-electron chi connectivity index (χ2n) is 0.866. The molecule has 0 aliphatic carbocycles. The Kier molecular flexibility index (Phi) is 159. The normalized spacial score (nSPS) is 4.91. The molecule has 0 aromatic carbocycles. The van der Waals surface area contributed by atoms with Gasteiger partial charge in [0.05, 0.1) is 0 Å². The molecule has 0 N–H and O–H groups in total. The van der Waals surface area contributed by atoms with E-state index >= 15 is 0 Å². The van der Waals surface area contributed by atoms with Gasteiger partial charge in [0.15, 0.2) is 0 Å². The van der Waals surface area contributed by atoms with Gasteiger partial charge in [-0.25, -0.2) is 0 Å². The number of hydrogen-bond donors (Lipinski definition) is 0. The molecule has 11 heavy (non-hydrogen) atoms. The first kappa shape index (κ1) is 29.3. The molecule has 0 bridgehead atoms. The molecule has 5 heteroatoms. The van der Waals surface area contributed by atoms with E-state index in [9.17, 15) is 0 Å². The molecule has 0 saturated heterocycles. The van der Waals surface area contributed by atoms with Crippen LogP contribution < -0.4 is 44.9 Å². The van der Waals surface area contributed by atoms with E-state index in [-0.39, 0.29) is 76.7 Å². The fraction of sp³-hybridized carbons (Fsp3) is 1.00. The smallest absolute Gasteiger partial charge is 0.855 e. The van der Waals surface area contributed by atoms with Gasteiger partial charge in [0, 0.05) is 0 Å². The van der Waals surface area contributed by atoms with Crippen molar-refractivity contribution < 1.29 is 44.9 Å². The Morgan fingerprint density at radius 2 is 0.727 bits per heavy atom. The molecule has 0 amide bonds. The van der Waals surface area contributed by atoms with Crippen LogP contribution in [0.5, 0.6) is 0 Å². The second-order valence-corrected chi connectivity index (χ2v) is 0.866. The van der Waals surface area contributed by atoms with E-state index in [1.165, 1.54) is 0 Å². The van der Waals surface area contributed by atoms with Crippen molar-refractivity contribution in [1.82, 2.24) is 0 Å². The predicted molar refractivity (Wildman–Crippen MR) is 37.4 cm³/mol. The van der Waals surface area contributed by atoms with Crippen LogP contribution in [0.15, 0.2) is 0 Å². The van der Waals surface area contributed by atoms with E-state index in [1.807, 2.05) is 0 Å². The van der Waals surface area contributed by atoms with E-state index in [2.05, 4.69) is 0 Å². The van der Waals surface area contributed by atoms with Crippen molar-refractivity contribution in [3.63, 3.8) is 0 Å². The average molecular weight is 365 g/mol.